The van der Waals surface area contributed by atoms with Crippen molar-refractivity contribution in [2.24, 2.45) is 0 Å². The fourth-order valence-corrected chi connectivity index (χ4v) is 15.1. The lowest BCUT2D eigenvalue weighted by molar-refractivity contribution is 0.587. The van der Waals surface area contributed by atoms with E-state index in [-0.39, 0.29) is 24.3 Å². The van der Waals surface area contributed by atoms with Gasteiger partial charge in [0.25, 0.3) is 0 Å². The predicted molar refractivity (Wildman–Crippen MR) is 294 cm³/mol. The van der Waals surface area contributed by atoms with Gasteiger partial charge >= 0.3 is 0 Å². The van der Waals surface area contributed by atoms with Crippen molar-refractivity contribution in [3.8, 4) is 27.9 Å². The van der Waals surface area contributed by atoms with Gasteiger partial charge in [0.1, 0.15) is 22.3 Å². The lowest BCUT2D eigenvalue weighted by Crippen LogP contribution is -2.65. The third-order valence-electron chi connectivity index (χ3n) is 16.0. The van der Waals surface area contributed by atoms with Gasteiger partial charge in [-0.3, -0.25) is 0 Å². The van der Waals surface area contributed by atoms with E-state index in [1.54, 1.807) is 0 Å². The Balaban J connectivity index is 1.12. The average molecular weight is 920 g/mol. The Bertz CT molecular complexity index is 4060. The molecule has 3 nitrogen and oxygen atoms in total. The molecule has 7 heterocycles. The minimum absolute atomic E-state index is 0.00696. The zero-order valence-corrected chi connectivity index (χ0v) is 40.8. The van der Waals surface area contributed by atoms with Crippen molar-refractivity contribution in [1.82, 2.24) is 4.57 Å². The van der Waals surface area contributed by atoms with Crippen molar-refractivity contribution in [2.75, 3.05) is 0 Å². The van der Waals surface area contributed by atoms with Gasteiger partial charge < -0.3 is 13.4 Å². The van der Waals surface area contributed by atoms with Gasteiger partial charge in [-0.1, -0.05) is 197 Å². The fraction of sp³-hybridized carbons (Fsp3) is 0.129. The molecule has 0 radical (unpaired) electrons. The number of furan rings is 2. The Labute approximate surface area is 409 Å². The van der Waals surface area contributed by atoms with Crippen LogP contribution in [0.4, 0.5) is 0 Å². The number of hydrogen-bond donors (Lipinski definition) is 0. The smallest absolute Gasteiger partial charge is 0.249 e. The van der Waals surface area contributed by atoms with E-state index in [1.165, 1.54) is 102 Å². The SMILES string of the molecule is CC(C)(C)c1ccc2c(c1)oc1c2cc2c3c1c1c4oc5cc(C(C)(C)C)ccc5c4cc4c1n3-c1c3c(cc5c1B4c1cc(-c4ccccc4)ccc1S5)Sc1ccc(-c4ccccc4)cc1B32. The summed E-state index contributed by atoms with van der Waals surface area (Å²) >= 11 is 3.90. The highest BCUT2D eigenvalue weighted by Gasteiger charge is 2.49. The van der Waals surface area contributed by atoms with Gasteiger partial charge in [-0.05, 0) is 96.4 Å². The Hall–Kier alpha value is -6.79. The summed E-state index contributed by atoms with van der Waals surface area (Å²) in [5.41, 5.74) is 23.2. The molecule has 0 unspecified atom stereocenters. The second-order valence-corrected chi connectivity index (χ2v) is 24.1. The molecule has 0 bridgehead atoms. The maximum Gasteiger partial charge on any atom is 0.249 e. The molecule has 326 valence electrons. The van der Waals surface area contributed by atoms with Gasteiger partial charge in [0.2, 0.25) is 13.4 Å². The molecule has 9 aromatic carbocycles. The second kappa shape index (κ2) is 13.1. The maximum atomic E-state index is 7.38. The van der Waals surface area contributed by atoms with Gasteiger partial charge in [-0.25, -0.2) is 0 Å². The molecular weight excluding hydrogens is 876 g/mol. The Morgan fingerprint density at radius 3 is 1.29 bits per heavy atom. The number of rotatable bonds is 2. The number of benzene rings is 9. The van der Waals surface area contributed by atoms with E-state index in [4.69, 9.17) is 8.83 Å². The minimum Gasteiger partial charge on any atom is -0.455 e. The van der Waals surface area contributed by atoms with Crippen molar-refractivity contribution in [2.45, 2.75) is 72.0 Å². The van der Waals surface area contributed by atoms with Crippen molar-refractivity contribution in [1.29, 1.82) is 0 Å². The van der Waals surface area contributed by atoms with Crippen LogP contribution in [0.3, 0.4) is 0 Å². The second-order valence-electron chi connectivity index (χ2n) is 21.9. The molecule has 0 atom stereocenters. The van der Waals surface area contributed by atoms with Gasteiger partial charge in [0.15, 0.2) is 0 Å². The van der Waals surface area contributed by atoms with E-state index in [2.05, 4.69) is 198 Å². The highest BCUT2D eigenvalue weighted by molar-refractivity contribution is 8.01. The lowest BCUT2D eigenvalue weighted by atomic mass is 9.31. The zero-order chi connectivity index (χ0) is 46.0. The van der Waals surface area contributed by atoms with E-state index < -0.39 is 0 Å². The fourth-order valence-electron chi connectivity index (χ4n) is 12.7. The Morgan fingerprint density at radius 1 is 0.406 bits per heavy atom. The van der Waals surface area contributed by atoms with Gasteiger partial charge in [0, 0.05) is 46.8 Å². The van der Waals surface area contributed by atoms with Crippen LogP contribution in [0, 0.1) is 0 Å². The van der Waals surface area contributed by atoms with Gasteiger partial charge in [-0.2, -0.15) is 0 Å². The van der Waals surface area contributed by atoms with Crippen LogP contribution in [0.25, 0.3) is 93.6 Å². The largest absolute Gasteiger partial charge is 0.455 e. The molecular formula is C62H43B2NO2S2. The van der Waals surface area contributed by atoms with Crippen LogP contribution < -0.4 is 32.8 Å². The van der Waals surface area contributed by atoms with Gasteiger partial charge in [0.05, 0.1) is 21.8 Å². The third-order valence-corrected chi connectivity index (χ3v) is 18.3. The molecule has 3 aromatic heterocycles. The van der Waals surface area contributed by atoms with Crippen LogP contribution in [0.2, 0.25) is 0 Å². The molecule has 16 rings (SSSR count). The molecule has 0 N–H and O–H groups in total. The number of hydrogen-bond acceptors (Lipinski definition) is 4. The molecule has 0 spiro atoms. The first-order valence-corrected chi connectivity index (χ1v) is 25.9. The van der Waals surface area contributed by atoms with E-state index in [0.29, 0.717) is 0 Å². The third kappa shape index (κ3) is 5.10. The van der Waals surface area contributed by atoms with Crippen LogP contribution in [-0.2, 0) is 10.8 Å². The first kappa shape index (κ1) is 39.1. The first-order valence-electron chi connectivity index (χ1n) is 24.3. The normalized spacial score (nSPS) is 14.3. The molecule has 69 heavy (non-hydrogen) atoms. The molecule has 0 saturated carbocycles. The molecule has 4 aliphatic heterocycles. The molecule has 0 aliphatic carbocycles. The zero-order valence-electron chi connectivity index (χ0n) is 39.2. The van der Waals surface area contributed by atoms with Crippen molar-refractivity contribution < 1.29 is 8.83 Å². The predicted octanol–water partition coefficient (Wildman–Crippen LogP) is 13.1. The summed E-state index contributed by atoms with van der Waals surface area (Å²) in [4.78, 5) is 5.33. The molecule has 0 fully saturated rings. The van der Waals surface area contributed by atoms with Gasteiger partial charge in [-0.15, -0.1) is 0 Å². The lowest BCUT2D eigenvalue weighted by Gasteiger charge is -2.40. The van der Waals surface area contributed by atoms with E-state index in [9.17, 15) is 0 Å². The van der Waals surface area contributed by atoms with Crippen LogP contribution in [-0.4, -0.2) is 18.0 Å². The first-order chi connectivity index (χ1) is 33.5. The summed E-state index contributed by atoms with van der Waals surface area (Å²) < 4.78 is 17.5. The van der Waals surface area contributed by atoms with Crippen LogP contribution in [0.1, 0.15) is 52.7 Å². The Kier molecular flexibility index (Phi) is 7.42. The van der Waals surface area contributed by atoms with E-state index in [1.807, 2.05) is 23.5 Å². The summed E-state index contributed by atoms with van der Waals surface area (Å²) in [6, 6.07) is 57.6. The van der Waals surface area contributed by atoms with Crippen molar-refractivity contribution in [3.63, 3.8) is 0 Å². The van der Waals surface area contributed by atoms with E-state index in [0.717, 1.165) is 54.6 Å². The number of aromatic nitrogens is 1. The summed E-state index contributed by atoms with van der Waals surface area (Å²) in [6.07, 6.45) is 0. The van der Waals surface area contributed by atoms with Crippen LogP contribution in [0.5, 0.6) is 0 Å². The number of nitrogens with zero attached hydrogens (tertiary/aromatic N) is 1. The average Bonchev–Trinajstić information content (AvgIpc) is 4.04. The van der Waals surface area contributed by atoms with Crippen molar-refractivity contribution in [3.05, 3.63) is 163 Å². The molecule has 0 amide bonds. The summed E-state index contributed by atoms with van der Waals surface area (Å²) in [5, 5.41) is 6.93. The standard InChI is InChI=1S/C62H43B2NO2S2/c1-61(2,3)36-19-21-38-40-29-44-56-52(59(40)66-46(38)27-36)53-57-45(30-41-39-22-20-37(62(4,5)6)28-47(39)67-60(41)53)64-43-26-35(33-15-11-8-12-16-33)18-24-49(43)69-51-31-50-54(58(55(51)64)65(56)57)63(44)42-25-34(17-23-48(42)68-50)32-13-9-7-10-14-32/h7-31H,1-6H3. The summed E-state index contributed by atoms with van der Waals surface area (Å²) in [5.74, 6) is 0. The van der Waals surface area contributed by atoms with Crippen LogP contribution in [0.15, 0.2) is 180 Å². The number of fused-ring (bicyclic) bond motifs is 15. The summed E-state index contributed by atoms with van der Waals surface area (Å²) in [7, 11) is 0. The molecule has 4 aliphatic rings. The maximum absolute atomic E-state index is 7.38. The highest BCUT2D eigenvalue weighted by atomic mass is 32.2. The molecule has 0 saturated heterocycles. The summed E-state index contributed by atoms with van der Waals surface area (Å²) in [6.45, 7) is 13.7. The minimum atomic E-state index is -0.0331. The Morgan fingerprint density at radius 2 is 0.855 bits per heavy atom. The van der Waals surface area contributed by atoms with Crippen LogP contribution >= 0.6 is 23.5 Å². The highest BCUT2D eigenvalue weighted by Crippen LogP contribution is 2.50. The monoisotopic (exact) mass is 919 g/mol. The molecule has 12 aromatic rings. The quantitative estimate of drug-likeness (QED) is 0.162. The molecule has 7 heteroatoms. The van der Waals surface area contributed by atoms with Crippen molar-refractivity contribution >= 4 is 135 Å². The van der Waals surface area contributed by atoms with E-state index >= 15 is 0 Å². The topological polar surface area (TPSA) is 31.2 Å².